The van der Waals surface area contributed by atoms with Crippen LogP contribution in [-0.2, 0) is 35.8 Å². The summed E-state index contributed by atoms with van der Waals surface area (Å²) in [7, 11) is 1.59. The van der Waals surface area contributed by atoms with Gasteiger partial charge in [0.1, 0.15) is 37.3 Å². The first-order valence-corrected chi connectivity index (χ1v) is 14.1. The molecule has 0 radical (unpaired) electrons. The first kappa shape index (κ1) is 33.9. The lowest BCUT2D eigenvalue weighted by Gasteiger charge is -2.25. The highest BCUT2D eigenvalue weighted by Crippen LogP contribution is 2.41. The van der Waals surface area contributed by atoms with Gasteiger partial charge in [-0.1, -0.05) is 44.2 Å². The highest BCUT2D eigenvalue weighted by molar-refractivity contribution is 6.08. The van der Waals surface area contributed by atoms with Gasteiger partial charge in [0.2, 0.25) is 5.60 Å². The molecule has 2 amide bonds. The van der Waals surface area contributed by atoms with Crippen molar-refractivity contribution in [1.82, 2.24) is 15.2 Å². The van der Waals surface area contributed by atoms with Crippen molar-refractivity contribution in [3.63, 3.8) is 0 Å². The number of amidine groups is 1. The summed E-state index contributed by atoms with van der Waals surface area (Å²) in [6.07, 6.45) is -3.72. The first-order valence-electron chi connectivity index (χ1n) is 14.1. The molecule has 2 aromatic rings. The molecule has 1 aromatic heterocycles. The second-order valence-electron chi connectivity index (χ2n) is 11.0. The van der Waals surface area contributed by atoms with Gasteiger partial charge >= 0.3 is 18.0 Å². The second-order valence-corrected chi connectivity index (χ2v) is 11.0. The molecule has 1 fully saturated rings. The Bertz CT molecular complexity index is 1400. The Morgan fingerprint density at radius 3 is 2.52 bits per heavy atom. The normalized spacial score (nSPS) is 22.3. The van der Waals surface area contributed by atoms with E-state index in [9.17, 15) is 24.8 Å². The number of nitriles is 1. The molecule has 14 heteroatoms. The zero-order valence-corrected chi connectivity index (χ0v) is 25.3. The molecular weight excluding hydrogens is 570 g/mol. The fraction of sp³-hybridized carbons (Fsp3) is 0.467. The van der Waals surface area contributed by atoms with Crippen LogP contribution in [0.15, 0.2) is 47.5 Å². The number of nitrogens with two attached hydrogens (primary N) is 1. The molecule has 1 saturated heterocycles. The summed E-state index contributed by atoms with van der Waals surface area (Å²) in [6.45, 7) is 6.65. The average Bonchev–Trinajstić information content (AvgIpc) is 3.59. The van der Waals surface area contributed by atoms with Crippen molar-refractivity contribution in [2.75, 3.05) is 13.7 Å². The predicted octanol–water partition coefficient (Wildman–Crippen LogP) is 1.58. The SMILES string of the molecule is CC(C)[C@H](N)C(=O)O[C@H]1[C@@H](O)[C@](C#N)(c2ccc(C(=NC=N)NC(=O)N(C)C(C)C)[nH]2)O[C@@H]1COC(=O)Cc1ccccc1. The van der Waals surface area contributed by atoms with Gasteiger partial charge < -0.3 is 34.9 Å². The summed E-state index contributed by atoms with van der Waals surface area (Å²) < 4.78 is 17.0. The van der Waals surface area contributed by atoms with Crippen molar-refractivity contribution < 1.29 is 33.7 Å². The van der Waals surface area contributed by atoms with Crippen LogP contribution in [0.4, 0.5) is 4.79 Å². The van der Waals surface area contributed by atoms with Gasteiger partial charge in [-0.25, -0.2) is 9.79 Å². The zero-order chi connectivity index (χ0) is 32.6. The smallest absolute Gasteiger partial charge is 0.323 e. The third-order valence-electron chi connectivity index (χ3n) is 7.30. The Morgan fingerprint density at radius 1 is 1.25 bits per heavy atom. The number of aromatic nitrogens is 1. The van der Waals surface area contributed by atoms with Gasteiger partial charge in [-0.3, -0.25) is 20.3 Å². The second kappa shape index (κ2) is 14.7. The van der Waals surface area contributed by atoms with Crippen molar-refractivity contribution >= 4 is 30.1 Å². The molecular formula is C30H39N7O7. The van der Waals surface area contributed by atoms with Crippen LogP contribution >= 0.6 is 0 Å². The van der Waals surface area contributed by atoms with Crippen LogP contribution in [0.2, 0.25) is 0 Å². The van der Waals surface area contributed by atoms with E-state index in [1.54, 1.807) is 45.2 Å². The molecule has 1 aromatic carbocycles. The molecule has 44 heavy (non-hydrogen) atoms. The van der Waals surface area contributed by atoms with Gasteiger partial charge in [0.05, 0.1) is 17.8 Å². The van der Waals surface area contributed by atoms with E-state index in [-0.39, 0.29) is 35.6 Å². The summed E-state index contributed by atoms with van der Waals surface area (Å²) in [4.78, 5) is 46.3. The Kier molecular flexibility index (Phi) is 11.4. The van der Waals surface area contributed by atoms with Gasteiger partial charge in [0, 0.05) is 13.1 Å². The highest BCUT2D eigenvalue weighted by Gasteiger charge is 2.59. The summed E-state index contributed by atoms with van der Waals surface area (Å²) in [5.74, 6) is -1.73. The minimum atomic E-state index is -2.11. The van der Waals surface area contributed by atoms with E-state index in [1.165, 1.54) is 17.0 Å². The Hall–Kier alpha value is -4.58. The number of benzene rings is 1. The maximum Gasteiger partial charge on any atom is 0.323 e. The van der Waals surface area contributed by atoms with E-state index in [0.29, 0.717) is 0 Å². The van der Waals surface area contributed by atoms with Gasteiger partial charge in [-0.2, -0.15) is 5.26 Å². The van der Waals surface area contributed by atoms with E-state index < -0.39 is 54.5 Å². The van der Waals surface area contributed by atoms with E-state index in [2.05, 4.69) is 15.3 Å². The molecule has 14 nitrogen and oxygen atoms in total. The number of aromatic amines is 1. The topological polar surface area (TPSA) is 216 Å². The van der Waals surface area contributed by atoms with Gasteiger partial charge in [0.25, 0.3) is 0 Å². The number of aliphatic hydroxyl groups excluding tert-OH is 1. The van der Waals surface area contributed by atoms with Crippen LogP contribution in [0.25, 0.3) is 0 Å². The monoisotopic (exact) mass is 609 g/mol. The number of nitrogens with zero attached hydrogens (tertiary/aromatic N) is 3. The fourth-order valence-corrected chi connectivity index (χ4v) is 4.34. The van der Waals surface area contributed by atoms with Crippen molar-refractivity contribution in [3.05, 3.63) is 59.4 Å². The summed E-state index contributed by atoms with van der Waals surface area (Å²) in [6, 6.07) is 12.1. The van der Waals surface area contributed by atoms with Crippen LogP contribution in [0.3, 0.4) is 0 Å². The van der Waals surface area contributed by atoms with Crippen LogP contribution in [-0.4, -0.2) is 89.2 Å². The molecule has 6 N–H and O–H groups in total. The third-order valence-corrected chi connectivity index (χ3v) is 7.30. The average molecular weight is 610 g/mol. The predicted molar refractivity (Wildman–Crippen MR) is 160 cm³/mol. The third kappa shape index (κ3) is 7.67. The molecule has 236 valence electrons. The number of H-pyrrole nitrogens is 1. The van der Waals surface area contributed by atoms with Crippen molar-refractivity contribution in [3.8, 4) is 6.07 Å². The fourth-order valence-electron chi connectivity index (χ4n) is 4.34. The first-order chi connectivity index (χ1) is 20.8. The number of carbonyl (C=O) groups excluding carboxylic acids is 3. The molecule has 3 rings (SSSR count). The van der Waals surface area contributed by atoms with Gasteiger partial charge in [0.15, 0.2) is 11.9 Å². The van der Waals surface area contributed by atoms with E-state index in [4.69, 9.17) is 25.4 Å². The van der Waals surface area contributed by atoms with Crippen molar-refractivity contribution in [2.24, 2.45) is 16.6 Å². The van der Waals surface area contributed by atoms with Crippen LogP contribution in [0.5, 0.6) is 0 Å². The Morgan fingerprint density at radius 2 is 1.93 bits per heavy atom. The van der Waals surface area contributed by atoms with Gasteiger partial charge in [-0.15, -0.1) is 0 Å². The molecule has 0 spiro atoms. The standard InChI is InChI=1S/C30H39N7O7/c1-17(2)24(33)28(40)43-25-21(14-42-23(38)13-19-9-7-6-8-10-19)44-30(15-31,26(25)39)22-12-11-20(35-22)27(34-16-32)36-29(41)37(5)18(3)4/h6-12,16-18,21,24-26,35,39H,13-14,33H2,1-5H3,(H2,32,34,36,41)/t21-,24+,25-,26-,30+/m1/s1. The number of nitrogens with one attached hydrogen (secondary N) is 3. The van der Waals surface area contributed by atoms with E-state index >= 15 is 0 Å². The minimum absolute atomic E-state index is 0.0263. The summed E-state index contributed by atoms with van der Waals surface area (Å²) in [5.41, 5.74) is 4.81. The zero-order valence-electron chi connectivity index (χ0n) is 25.3. The number of hydrogen-bond acceptors (Lipinski definition) is 10. The molecule has 0 aliphatic carbocycles. The van der Waals surface area contributed by atoms with Crippen LogP contribution in [0, 0.1) is 22.7 Å². The van der Waals surface area contributed by atoms with Crippen LogP contribution in [0.1, 0.15) is 44.6 Å². The molecule has 5 atom stereocenters. The maximum absolute atomic E-state index is 12.8. The molecule has 0 bridgehead atoms. The number of carbonyl (C=O) groups is 3. The van der Waals surface area contributed by atoms with Crippen molar-refractivity contribution in [2.45, 2.75) is 70.1 Å². The molecule has 1 aliphatic rings. The number of rotatable bonds is 11. The Labute approximate surface area is 255 Å². The quantitative estimate of drug-likeness (QED) is 0.142. The molecule has 1 aliphatic heterocycles. The highest BCUT2D eigenvalue weighted by atomic mass is 16.6. The lowest BCUT2D eigenvalue weighted by Crippen LogP contribution is -2.46. The summed E-state index contributed by atoms with van der Waals surface area (Å²) >= 11 is 0. The van der Waals surface area contributed by atoms with Gasteiger partial charge in [-0.05, 0) is 37.5 Å². The largest absolute Gasteiger partial charge is 0.463 e. The van der Waals surface area contributed by atoms with Crippen molar-refractivity contribution in [1.29, 1.82) is 10.7 Å². The lowest BCUT2D eigenvalue weighted by molar-refractivity contribution is -0.162. The summed E-state index contributed by atoms with van der Waals surface area (Å²) in [5, 5.41) is 31.8. The number of amides is 2. The van der Waals surface area contributed by atoms with E-state index in [0.717, 1.165) is 11.9 Å². The number of urea groups is 1. The number of hydrogen-bond donors (Lipinski definition) is 5. The number of esters is 2. The maximum atomic E-state index is 12.8. The Balaban J connectivity index is 1.90. The molecule has 0 saturated carbocycles. The minimum Gasteiger partial charge on any atom is -0.463 e. The number of aliphatic imine (C=N–C) groups is 1. The molecule has 0 unspecified atom stereocenters. The molecule has 2 heterocycles. The van der Waals surface area contributed by atoms with Crippen LogP contribution < -0.4 is 11.1 Å². The number of aliphatic hydroxyl groups is 1. The lowest BCUT2D eigenvalue weighted by atomic mass is 9.92. The number of ether oxygens (including phenoxy) is 3. The van der Waals surface area contributed by atoms with E-state index in [1.807, 2.05) is 26.0 Å².